The van der Waals surface area contributed by atoms with Crippen LogP contribution in [0.5, 0.6) is 0 Å². The lowest BCUT2D eigenvalue weighted by atomic mass is 10.5. The van der Waals surface area contributed by atoms with Crippen LogP contribution in [0.25, 0.3) is 0 Å². The molecule has 0 rings (SSSR count). The maximum absolute atomic E-state index is 10.1. The van der Waals surface area contributed by atoms with Crippen LogP contribution in [-0.4, -0.2) is 27.2 Å². The topological polar surface area (TPSA) is 77.8 Å². The maximum Gasteiger partial charge on any atom is 0.330 e. The molecule has 4 nitrogen and oxygen atoms in total. The second kappa shape index (κ2) is 2.60. The molecule has 0 aliphatic rings. The maximum atomic E-state index is 10.1. The fraction of sp³-hybridized carbons (Fsp3) is 1.00. The molecule has 0 saturated heterocycles. The molecule has 0 aliphatic heterocycles. The van der Waals surface area contributed by atoms with Gasteiger partial charge in [-0.3, -0.25) is 4.57 Å². The molecule has 0 spiro atoms. The summed E-state index contributed by atoms with van der Waals surface area (Å²) >= 11 is 0. The monoisotopic (exact) mass is 140 g/mol. The summed E-state index contributed by atoms with van der Waals surface area (Å²) < 4.78 is 10.1. The van der Waals surface area contributed by atoms with Gasteiger partial charge in [0.1, 0.15) is 0 Å². The first-order valence-electron chi connectivity index (χ1n) is 2.14. The van der Waals surface area contributed by atoms with Crippen molar-refractivity contribution < 1.29 is 19.5 Å². The molecule has 0 fully saturated rings. The largest absolute Gasteiger partial charge is 0.395 e. The van der Waals surface area contributed by atoms with Crippen molar-refractivity contribution in [3.05, 3.63) is 0 Å². The van der Waals surface area contributed by atoms with E-state index < -0.39 is 19.9 Å². The van der Waals surface area contributed by atoms with Crippen molar-refractivity contribution in [3.8, 4) is 0 Å². The Bertz CT molecular complexity index is 106. The van der Waals surface area contributed by atoms with E-state index in [0.717, 1.165) is 0 Å². The van der Waals surface area contributed by atoms with Crippen molar-refractivity contribution in [1.82, 2.24) is 0 Å². The fourth-order valence-electron chi connectivity index (χ4n) is 0.106. The van der Waals surface area contributed by atoms with Gasteiger partial charge < -0.3 is 14.9 Å². The molecule has 0 bridgehead atoms. The van der Waals surface area contributed by atoms with Gasteiger partial charge in [-0.15, -0.1) is 0 Å². The van der Waals surface area contributed by atoms with Crippen LogP contribution in [0.3, 0.4) is 0 Å². The summed E-state index contributed by atoms with van der Waals surface area (Å²) in [6, 6.07) is 0. The van der Waals surface area contributed by atoms with E-state index in [1.807, 2.05) is 0 Å². The second-order valence-corrected chi connectivity index (χ2v) is 3.68. The zero-order valence-electron chi connectivity index (χ0n) is 4.48. The molecule has 0 aromatic heterocycles. The average molecular weight is 140 g/mol. The molecule has 0 aliphatic carbocycles. The van der Waals surface area contributed by atoms with Gasteiger partial charge in [-0.25, -0.2) is 0 Å². The second-order valence-electron chi connectivity index (χ2n) is 1.62. The molecule has 0 aromatic carbocycles. The molecule has 8 heavy (non-hydrogen) atoms. The normalized spacial score (nSPS) is 16.0. The van der Waals surface area contributed by atoms with E-state index in [1.165, 1.54) is 6.92 Å². The van der Waals surface area contributed by atoms with E-state index in [2.05, 4.69) is 0 Å². The lowest BCUT2D eigenvalue weighted by molar-refractivity contribution is 0.271. The van der Waals surface area contributed by atoms with Crippen LogP contribution >= 0.6 is 7.60 Å². The van der Waals surface area contributed by atoms with Gasteiger partial charge in [0.25, 0.3) is 0 Å². The Kier molecular flexibility index (Phi) is 2.63. The summed E-state index contributed by atoms with van der Waals surface area (Å²) in [7, 11) is -4.01. The van der Waals surface area contributed by atoms with Crippen LogP contribution < -0.4 is 0 Å². The first-order chi connectivity index (χ1) is 3.48. The average Bonchev–Trinajstić information content (AvgIpc) is 1.62. The highest BCUT2D eigenvalue weighted by Gasteiger charge is 2.21. The van der Waals surface area contributed by atoms with Gasteiger partial charge in [0.2, 0.25) is 0 Å². The summed E-state index contributed by atoms with van der Waals surface area (Å²) in [5.74, 6) is 0. The number of aliphatic hydroxyl groups is 1. The molecule has 1 atom stereocenters. The summed E-state index contributed by atoms with van der Waals surface area (Å²) in [4.78, 5) is 16.5. The predicted octanol–water partition coefficient (Wildman–Crippen LogP) is -0.455. The lowest BCUT2D eigenvalue weighted by Crippen LogP contribution is -2.07. The molecule has 0 radical (unpaired) electrons. The Hall–Kier alpha value is 0.110. The summed E-state index contributed by atoms with van der Waals surface area (Å²) in [5, 5.41) is 8.18. The van der Waals surface area contributed by atoms with Crippen LogP contribution in [0.15, 0.2) is 0 Å². The zero-order chi connectivity index (χ0) is 6.78. The van der Waals surface area contributed by atoms with Gasteiger partial charge in [-0.2, -0.15) is 0 Å². The summed E-state index contributed by atoms with van der Waals surface area (Å²) in [5.41, 5.74) is -0.928. The molecule has 0 amide bonds. The van der Waals surface area contributed by atoms with Crippen LogP contribution in [0.4, 0.5) is 0 Å². The Morgan fingerprint density at radius 3 is 2.00 bits per heavy atom. The van der Waals surface area contributed by atoms with Crippen LogP contribution in [0.1, 0.15) is 6.92 Å². The highest BCUT2D eigenvalue weighted by Crippen LogP contribution is 2.40. The Morgan fingerprint density at radius 1 is 1.62 bits per heavy atom. The van der Waals surface area contributed by atoms with Crippen molar-refractivity contribution in [2.45, 2.75) is 12.6 Å². The minimum absolute atomic E-state index is 0.468. The van der Waals surface area contributed by atoms with Crippen molar-refractivity contribution >= 4 is 7.60 Å². The van der Waals surface area contributed by atoms with Gasteiger partial charge >= 0.3 is 7.60 Å². The molecule has 3 N–H and O–H groups in total. The van der Waals surface area contributed by atoms with E-state index in [0.29, 0.717) is 0 Å². The van der Waals surface area contributed by atoms with Crippen LogP contribution in [0.2, 0.25) is 0 Å². The van der Waals surface area contributed by atoms with E-state index >= 15 is 0 Å². The molecule has 0 aromatic rings. The first-order valence-corrected chi connectivity index (χ1v) is 3.82. The number of rotatable bonds is 2. The van der Waals surface area contributed by atoms with E-state index in [4.69, 9.17) is 14.9 Å². The van der Waals surface area contributed by atoms with Crippen molar-refractivity contribution in [2.75, 3.05) is 6.61 Å². The quantitative estimate of drug-likeness (QED) is 0.454. The molecule has 50 valence electrons. The molecular weight excluding hydrogens is 131 g/mol. The van der Waals surface area contributed by atoms with Gasteiger partial charge in [0.15, 0.2) is 0 Å². The molecule has 0 saturated carbocycles. The minimum Gasteiger partial charge on any atom is -0.395 e. The highest BCUT2D eigenvalue weighted by atomic mass is 31.2. The standard InChI is InChI=1S/C3H9O4P/c1-3(2-4)8(5,6)7/h3-4H,2H2,1H3,(H2,5,6,7)/t3-/m0/s1. The number of hydrogen-bond donors (Lipinski definition) is 3. The van der Waals surface area contributed by atoms with Crippen molar-refractivity contribution in [2.24, 2.45) is 0 Å². The summed E-state index contributed by atoms with van der Waals surface area (Å²) in [6.07, 6.45) is 0. The summed E-state index contributed by atoms with van der Waals surface area (Å²) in [6.45, 7) is 0.824. The minimum atomic E-state index is -4.01. The fourth-order valence-corrected chi connectivity index (χ4v) is 0.319. The number of aliphatic hydroxyl groups excluding tert-OH is 1. The zero-order valence-corrected chi connectivity index (χ0v) is 5.38. The molecule has 0 unspecified atom stereocenters. The molecular formula is C3H9O4P. The number of hydrogen-bond acceptors (Lipinski definition) is 2. The third-order valence-corrected chi connectivity index (χ3v) is 2.15. The molecule has 5 heteroatoms. The predicted molar refractivity (Wildman–Crippen MR) is 28.6 cm³/mol. The van der Waals surface area contributed by atoms with Crippen LogP contribution in [-0.2, 0) is 4.57 Å². The van der Waals surface area contributed by atoms with Gasteiger partial charge in [-0.05, 0) is 6.92 Å². The lowest BCUT2D eigenvalue weighted by Gasteiger charge is -2.07. The smallest absolute Gasteiger partial charge is 0.330 e. The molecule has 0 heterocycles. The SMILES string of the molecule is C[C@@H](CO)P(=O)(O)O. The van der Waals surface area contributed by atoms with Crippen molar-refractivity contribution in [1.29, 1.82) is 0 Å². The highest BCUT2D eigenvalue weighted by molar-refractivity contribution is 7.52. The van der Waals surface area contributed by atoms with Crippen LogP contribution in [0, 0.1) is 0 Å². The first kappa shape index (κ1) is 8.11. The van der Waals surface area contributed by atoms with E-state index in [1.54, 1.807) is 0 Å². The van der Waals surface area contributed by atoms with Crippen molar-refractivity contribution in [3.63, 3.8) is 0 Å². The van der Waals surface area contributed by atoms with Gasteiger partial charge in [0, 0.05) is 0 Å². The van der Waals surface area contributed by atoms with E-state index in [-0.39, 0.29) is 0 Å². The third kappa shape index (κ3) is 2.43. The Labute approximate surface area is 47.3 Å². The third-order valence-electron chi connectivity index (χ3n) is 0.838. The van der Waals surface area contributed by atoms with E-state index in [9.17, 15) is 4.57 Å². The Morgan fingerprint density at radius 2 is 2.00 bits per heavy atom. The van der Waals surface area contributed by atoms with Gasteiger partial charge in [0.05, 0.1) is 12.3 Å². The Balaban J connectivity index is 3.82. The van der Waals surface area contributed by atoms with Gasteiger partial charge in [-0.1, -0.05) is 0 Å².